The number of benzene rings is 3. The lowest BCUT2D eigenvalue weighted by Gasteiger charge is -2.24. The van der Waals surface area contributed by atoms with Gasteiger partial charge in [-0.3, -0.25) is 9.69 Å². The molecule has 0 spiro atoms. The zero-order valence-corrected chi connectivity index (χ0v) is 15.5. The minimum absolute atomic E-state index is 0.0675. The summed E-state index contributed by atoms with van der Waals surface area (Å²) in [5, 5.41) is 5.56. The number of hydrogen-bond donors (Lipinski definition) is 1. The Morgan fingerprint density at radius 3 is 2.67 bits per heavy atom. The lowest BCUT2D eigenvalue weighted by molar-refractivity contribution is -0.120. The zero-order chi connectivity index (χ0) is 18.6. The predicted molar refractivity (Wildman–Crippen MR) is 109 cm³/mol. The van der Waals surface area contributed by atoms with Crippen molar-refractivity contribution in [2.75, 3.05) is 19.0 Å². The number of fused-ring (bicyclic) bond motifs is 1. The number of hydrogen-bond acceptors (Lipinski definition) is 3. The maximum absolute atomic E-state index is 12.8. The molecule has 0 aromatic heterocycles. The smallest absolute Gasteiger partial charge is 0.241 e. The first-order chi connectivity index (χ1) is 13.2. The molecule has 27 heavy (non-hydrogen) atoms. The summed E-state index contributed by atoms with van der Waals surface area (Å²) in [6.45, 7) is 1.74. The van der Waals surface area contributed by atoms with E-state index in [9.17, 15) is 4.79 Å². The summed E-state index contributed by atoms with van der Waals surface area (Å²) in [6.07, 6.45) is 1.94. The van der Waals surface area contributed by atoms with E-state index in [1.54, 1.807) is 7.11 Å². The van der Waals surface area contributed by atoms with Crippen molar-refractivity contribution in [3.8, 4) is 5.75 Å². The molecule has 4 rings (SSSR count). The van der Waals surface area contributed by atoms with Crippen LogP contribution < -0.4 is 10.1 Å². The number of ether oxygens (including phenoxy) is 1. The average Bonchev–Trinajstić information content (AvgIpc) is 3.17. The number of carbonyl (C=O) groups excluding carboxylic acids is 1. The molecular formula is C23H24N2O2. The van der Waals surface area contributed by atoms with Gasteiger partial charge >= 0.3 is 0 Å². The Bertz CT molecular complexity index is 931. The Kier molecular flexibility index (Phi) is 5.07. The van der Waals surface area contributed by atoms with Crippen LogP contribution in [0.4, 0.5) is 5.69 Å². The third kappa shape index (κ3) is 3.81. The quantitative estimate of drug-likeness (QED) is 0.731. The molecule has 0 unspecified atom stereocenters. The second-order valence-electron chi connectivity index (χ2n) is 6.98. The van der Waals surface area contributed by atoms with Crippen LogP contribution in [0.25, 0.3) is 10.8 Å². The fourth-order valence-electron chi connectivity index (χ4n) is 3.86. The van der Waals surface area contributed by atoms with E-state index in [1.165, 1.54) is 16.3 Å². The lowest BCUT2D eigenvalue weighted by atomic mass is 10.0. The normalized spacial score (nSPS) is 17.1. The molecule has 1 saturated heterocycles. The van der Waals surface area contributed by atoms with E-state index in [-0.39, 0.29) is 11.9 Å². The van der Waals surface area contributed by atoms with Gasteiger partial charge in [-0.05, 0) is 60.0 Å². The largest absolute Gasteiger partial charge is 0.497 e. The topological polar surface area (TPSA) is 41.6 Å². The van der Waals surface area contributed by atoms with Crippen molar-refractivity contribution >= 4 is 22.4 Å². The van der Waals surface area contributed by atoms with Crippen molar-refractivity contribution in [2.45, 2.75) is 25.4 Å². The maximum atomic E-state index is 12.8. The molecule has 1 N–H and O–H groups in total. The molecule has 1 aliphatic heterocycles. The molecule has 0 aliphatic carbocycles. The monoisotopic (exact) mass is 360 g/mol. The van der Waals surface area contributed by atoms with Gasteiger partial charge in [0.25, 0.3) is 0 Å². The molecule has 1 heterocycles. The van der Waals surface area contributed by atoms with Crippen LogP contribution in [0.1, 0.15) is 18.4 Å². The van der Waals surface area contributed by atoms with Gasteiger partial charge in [0.2, 0.25) is 5.91 Å². The van der Waals surface area contributed by atoms with E-state index in [0.29, 0.717) is 0 Å². The van der Waals surface area contributed by atoms with Gasteiger partial charge in [0, 0.05) is 12.2 Å². The van der Waals surface area contributed by atoms with Gasteiger partial charge in [-0.1, -0.05) is 42.5 Å². The highest BCUT2D eigenvalue weighted by molar-refractivity contribution is 5.95. The SMILES string of the molecule is COc1ccc(NC(=O)[C@H]2CCCN2Cc2cccc3ccccc23)cc1. The number of carbonyl (C=O) groups is 1. The average molecular weight is 360 g/mol. The first kappa shape index (κ1) is 17.6. The third-order valence-electron chi connectivity index (χ3n) is 5.28. The molecule has 138 valence electrons. The van der Waals surface area contributed by atoms with Gasteiger partial charge < -0.3 is 10.1 Å². The number of methoxy groups -OCH3 is 1. The zero-order valence-electron chi connectivity index (χ0n) is 15.5. The van der Waals surface area contributed by atoms with E-state index in [1.807, 2.05) is 24.3 Å². The molecule has 3 aromatic carbocycles. The Hall–Kier alpha value is -2.85. The second-order valence-corrected chi connectivity index (χ2v) is 6.98. The molecule has 1 aliphatic rings. The van der Waals surface area contributed by atoms with Crippen LogP contribution in [0.15, 0.2) is 66.7 Å². The molecule has 1 atom stereocenters. The van der Waals surface area contributed by atoms with Gasteiger partial charge in [-0.15, -0.1) is 0 Å². The molecule has 1 amide bonds. The van der Waals surface area contributed by atoms with Crippen LogP contribution in [-0.2, 0) is 11.3 Å². The van der Waals surface area contributed by atoms with E-state index < -0.39 is 0 Å². The lowest BCUT2D eigenvalue weighted by Crippen LogP contribution is -2.39. The molecule has 3 aromatic rings. The summed E-state index contributed by atoms with van der Waals surface area (Å²) in [6, 6.07) is 22.2. The van der Waals surface area contributed by atoms with Gasteiger partial charge in [-0.25, -0.2) is 0 Å². The van der Waals surface area contributed by atoms with Crippen LogP contribution in [0, 0.1) is 0 Å². The van der Waals surface area contributed by atoms with Gasteiger partial charge in [-0.2, -0.15) is 0 Å². The molecule has 0 radical (unpaired) electrons. The first-order valence-electron chi connectivity index (χ1n) is 9.40. The standard InChI is InChI=1S/C23H24N2O2/c1-27-20-13-11-19(12-14-20)24-23(26)22-10-5-15-25(22)16-18-8-4-7-17-6-2-3-9-21(17)18/h2-4,6-9,11-14,22H,5,10,15-16H2,1H3,(H,24,26)/t22-/m1/s1. The summed E-state index contributed by atoms with van der Waals surface area (Å²) in [5.74, 6) is 0.851. The molecule has 4 heteroatoms. The Balaban J connectivity index is 1.48. The molecular weight excluding hydrogens is 336 g/mol. The van der Waals surface area contributed by atoms with E-state index >= 15 is 0 Å². The molecule has 1 fully saturated rings. The molecule has 0 saturated carbocycles. The van der Waals surface area contributed by atoms with Crippen LogP contribution in [0.5, 0.6) is 5.75 Å². The van der Waals surface area contributed by atoms with E-state index in [2.05, 4.69) is 52.7 Å². The van der Waals surface area contributed by atoms with Crippen molar-refractivity contribution in [3.63, 3.8) is 0 Å². The predicted octanol–water partition coefficient (Wildman–Crippen LogP) is 4.45. The summed E-state index contributed by atoms with van der Waals surface area (Å²) < 4.78 is 5.17. The number of anilines is 1. The molecule has 0 bridgehead atoms. The highest BCUT2D eigenvalue weighted by Gasteiger charge is 2.30. The summed E-state index contributed by atoms with van der Waals surface area (Å²) >= 11 is 0. The van der Waals surface area contributed by atoms with Gasteiger partial charge in [0.15, 0.2) is 0 Å². The minimum Gasteiger partial charge on any atom is -0.497 e. The van der Waals surface area contributed by atoms with E-state index in [4.69, 9.17) is 4.74 Å². The number of amides is 1. The highest BCUT2D eigenvalue weighted by Crippen LogP contribution is 2.26. The summed E-state index contributed by atoms with van der Waals surface area (Å²) in [4.78, 5) is 15.1. The van der Waals surface area contributed by atoms with Crippen molar-refractivity contribution in [1.82, 2.24) is 4.90 Å². The second kappa shape index (κ2) is 7.80. The van der Waals surface area contributed by atoms with E-state index in [0.717, 1.165) is 37.4 Å². The van der Waals surface area contributed by atoms with Crippen LogP contribution in [0.2, 0.25) is 0 Å². The minimum atomic E-state index is -0.0916. The highest BCUT2D eigenvalue weighted by atomic mass is 16.5. The first-order valence-corrected chi connectivity index (χ1v) is 9.40. The summed E-state index contributed by atoms with van der Waals surface area (Å²) in [7, 11) is 1.64. The van der Waals surface area contributed by atoms with Crippen molar-refractivity contribution in [1.29, 1.82) is 0 Å². The van der Waals surface area contributed by atoms with Crippen LogP contribution in [0.3, 0.4) is 0 Å². The Morgan fingerprint density at radius 1 is 1.07 bits per heavy atom. The third-order valence-corrected chi connectivity index (χ3v) is 5.28. The number of likely N-dealkylation sites (tertiary alicyclic amines) is 1. The van der Waals surface area contributed by atoms with Gasteiger partial charge in [0.1, 0.15) is 5.75 Å². The maximum Gasteiger partial charge on any atom is 0.241 e. The fourth-order valence-corrected chi connectivity index (χ4v) is 3.86. The Morgan fingerprint density at radius 2 is 1.85 bits per heavy atom. The van der Waals surface area contributed by atoms with Crippen LogP contribution >= 0.6 is 0 Å². The van der Waals surface area contributed by atoms with Crippen molar-refractivity contribution < 1.29 is 9.53 Å². The number of rotatable bonds is 5. The Labute approximate surface area is 159 Å². The fraction of sp³-hybridized carbons (Fsp3) is 0.261. The molecule has 4 nitrogen and oxygen atoms in total. The van der Waals surface area contributed by atoms with Crippen LogP contribution in [-0.4, -0.2) is 30.5 Å². The van der Waals surface area contributed by atoms with Crippen molar-refractivity contribution in [3.05, 3.63) is 72.3 Å². The summed E-state index contributed by atoms with van der Waals surface area (Å²) in [5.41, 5.74) is 2.08. The van der Waals surface area contributed by atoms with Gasteiger partial charge in [0.05, 0.1) is 13.2 Å². The van der Waals surface area contributed by atoms with Crippen molar-refractivity contribution in [2.24, 2.45) is 0 Å². The number of nitrogens with zero attached hydrogens (tertiary/aromatic N) is 1. The number of nitrogens with one attached hydrogen (secondary N) is 1.